The first-order valence-corrected chi connectivity index (χ1v) is 23.5. The van der Waals surface area contributed by atoms with E-state index < -0.39 is 29.9 Å². The van der Waals surface area contributed by atoms with Gasteiger partial charge in [0.1, 0.15) is 11.2 Å². The van der Waals surface area contributed by atoms with Crippen molar-refractivity contribution in [1.82, 2.24) is 0 Å². The number of aliphatic hydroxyl groups is 5. The molecule has 0 bridgehead atoms. The molecule has 0 aromatic heterocycles. The highest BCUT2D eigenvalue weighted by Crippen LogP contribution is 2.47. The van der Waals surface area contributed by atoms with Crippen LogP contribution in [0, 0.1) is 0 Å². The van der Waals surface area contributed by atoms with Crippen molar-refractivity contribution >= 4 is 12.0 Å². The van der Waals surface area contributed by atoms with Gasteiger partial charge in [-0.15, -0.1) is 0 Å². The second kappa shape index (κ2) is 33.3. The van der Waals surface area contributed by atoms with E-state index in [0.29, 0.717) is 60.1 Å². The van der Waals surface area contributed by atoms with Gasteiger partial charge in [-0.25, -0.2) is 0 Å². The maximum absolute atomic E-state index is 12.2. The van der Waals surface area contributed by atoms with Crippen LogP contribution < -0.4 is 4.18 Å². The van der Waals surface area contributed by atoms with Gasteiger partial charge in [0.25, 0.3) is 0 Å². The summed E-state index contributed by atoms with van der Waals surface area (Å²) in [6, 6.07) is 1.83. The minimum atomic E-state index is -0.918. The van der Waals surface area contributed by atoms with Crippen molar-refractivity contribution in [1.29, 1.82) is 0 Å². The SMILES string of the molecule is CCCCCCCC(O)SOc1cc(C(O)CCCCCCC)c(C(O)CCCCCCC)c(C(O)CCCCCCC)c1C(O)CCCCCCC. The number of rotatable bonds is 37. The Morgan fingerprint density at radius 3 is 1.11 bits per heavy atom. The van der Waals surface area contributed by atoms with Gasteiger partial charge in [0.05, 0.1) is 36.5 Å². The Morgan fingerprint density at radius 2 is 0.717 bits per heavy atom. The standard InChI is InChI=1S/C46H86O6S/c1-6-11-16-21-26-31-38(47)37-36-42(52-53-43(51)35-30-25-20-15-10-5)45(40(49)33-28-23-18-13-8-3)46(41(50)34-29-24-19-14-9-4)44(37)39(48)32-27-22-17-12-7-2/h36,38-41,43,47-51H,6-35H2,1-5H3. The molecule has 0 aliphatic heterocycles. The van der Waals surface area contributed by atoms with E-state index >= 15 is 0 Å². The van der Waals surface area contributed by atoms with E-state index in [1.54, 1.807) is 0 Å². The van der Waals surface area contributed by atoms with Crippen molar-refractivity contribution in [3.63, 3.8) is 0 Å². The van der Waals surface area contributed by atoms with Gasteiger partial charge in [-0.1, -0.05) is 189 Å². The lowest BCUT2D eigenvalue weighted by molar-refractivity contribution is 0.118. The highest BCUT2D eigenvalue weighted by Gasteiger charge is 2.33. The zero-order valence-corrected chi connectivity index (χ0v) is 36.0. The van der Waals surface area contributed by atoms with E-state index in [4.69, 9.17) is 4.18 Å². The number of hydrogen-bond donors (Lipinski definition) is 5. The summed E-state index contributed by atoms with van der Waals surface area (Å²) in [7, 11) is 0. The minimum Gasteiger partial charge on any atom is -0.423 e. The van der Waals surface area contributed by atoms with Gasteiger partial charge in [0.2, 0.25) is 0 Å². The first kappa shape index (κ1) is 50.2. The first-order chi connectivity index (χ1) is 25.8. The molecule has 0 radical (unpaired) electrons. The fourth-order valence-electron chi connectivity index (χ4n) is 7.58. The Balaban J connectivity index is 3.75. The summed E-state index contributed by atoms with van der Waals surface area (Å²) in [4.78, 5) is 0. The second-order valence-electron chi connectivity index (χ2n) is 15.9. The summed E-state index contributed by atoms with van der Waals surface area (Å²) in [5.74, 6) is 0.403. The van der Waals surface area contributed by atoms with Crippen molar-refractivity contribution in [2.75, 3.05) is 0 Å². The Hall–Kier alpha value is -0.830. The molecule has 1 aromatic rings. The fraction of sp³-hybridized carbons (Fsp3) is 0.870. The van der Waals surface area contributed by atoms with Crippen LogP contribution in [0.5, 0.6) is 5.75 Å². The maximum atomic E-state index is 12.2. The van der Waals surface area contributed by atoms with Crippen LogP contribution in [-0.2, 0) is 0 Å². The maximum Gasteiger partial charge on any atom is 0.144 e. The molecule has 0 fully saturated rings. The molecule has 6 nitrogen and oxygen atoms in total. The van der Waals surface area contributed by atoms with Crippen LogP contribution in [0.3, 0.4) is 0 Å². The molecular formula is C46H86O6S. The molecule has 0 heterocycles. The second-order valence-corrected chi connectivity index (χ2v) is 16.8. The van der Waals surface area contributed by atoms with Gasteiger partial charge in [-0.3, -0.25) is 0 Å². The molecule has 0 spiro atoms. The quantitative estimate of drug-likeness (QED) is 0.0260. The topological polar surface area (TPSA) is 110 Å². The third-order valence-electron chi connectivity index (χ3n) is 10.9. The molecule has 5 atom stereocenters. The molecule has 0 aliphatic rings. The highest BCUT2D eigenvalue weighted by atomic mass is 32.2. The monoisotopic (exact) mass is 767 g/mol. The van der Waals surface area contributed by atoms with Gasteiger partial charge in [-0.05, 0) is 61.3 Å². The van der Waals surface area contributed by atoms with E-state index in [1.165, 1.54) is 32.1 Å². The highest BCUT2D eigenvalue weighted by molar-refractivity contribution is 7.95. The molecule has 0 amide bonds. The molecule has 53 heavy (non-hydrogen) atoms. The van der Waals surface area contributed by atoms with E-state index in [-0.39, 0.29) is 0 Å². The molecule has 1 rings (SSSR count). The van der Waals surface area contributed by atoms with Gasteiger partial charge in [0, 0.05) is 5.56 Å². The molecule has 0 aliphatic carbocycles. The van der Waals surface area contributed by atoms with Crippen molar-refractivity contribution < 1.29 is 29.7 Å². The van der Waals surface area contributed by atoms with Crippen LogP contribution in [0.15, 0.2) is 6.07 Å². The van der Waals surface area contributed by atoms with Crippen LogP contribution in [0.2, 0.25) is 0 Å². The molecular weight excluding hydrogens is 681 g/mol. The Bertz CT molecular complexity index is 989. The largest absolute Gasteiger partial charge is 0.423 e. The van der Waals surface area contributed by atoms with Crippen molar-refractivity contribution in [3.05, 3.63) is 28.3 Å². The molecule has 5 N–H and O–H groups in total. The molecule has 7 heteroatoms. The molecule has 0 saturated carbocycles. The van der Waals surface area contributed by atoms with Gasteiger partial charge < -0.3 is 29.7 Å². The summed E-state index contributed by atoms with van der Waals surface area (Å²) >= 11 is 1.01. The molecule has 5 unspecified atom stereocenters. The van der Waals surface area contributed by atoms with Crippen LogP contribution in [0.25, 0.3) is 0 Å². The van der Waals surface area contributed by atoms with Crippen molar-refractivity contribution in [3.8, 4) is 5.75 Å². The lowest BCUT2D eigenvalue weighted by Crippen LogP contribution is -2.19. The number of hydrogen-bond acceptors (Lipinski definition) is 7. The average molecular weight is 767 g/mol. The summed E-state index contributed by atoms with van der Waals surface area (Å²) in [5, 5.41) is 59.2. The van der Waals surface area contributed by atoms with Crippen molar-refractivity contribution in [2.45, 2.75) is 257 Å². The zero-order valence-electron chi connectivity index (χ0n) is 35.2. The van der Waals surface area contributed by atoms with Gasteiger partial charge >= 0.3 is 0 Å². The lowest BCUT2D eigenvalue weighted by Gasteiger charge is -2.31. The summed E-state index contributed by atoms with van der Waals surface area (Å²) < 4.78 is 6.40. The molecule has 0 saturated heterocycles. The van der Waals surface area contributed by atoms with E-state index in [9.17, 15) is 25.5 Å². The summed E-state index contributed by atoms with van der Waals surface area (Å²) in [6.45, 7) is 11.0. The number of aliphatic hydroxyl groups excluding tert-OH is 5. The predicted octanol–water partition coefficient (Wildman–Crippen LogP) is 14.0. The minimum absolute atomic E-state index is 0.403. The predicted molar refractivity (Wildman–Crippen MR) is 227 cm³/mol. The fourth-order valence-corrected chi connectivity index (χ4v) is 8.20. The normalized spacial score (nSPS) is 14.7. The van der Waals surface area contributed by atoms with E-state index in [2.05, 4.69) is 34.6 Å². The average Bonchev–Trinajstić information content (AvgIpc) is 3.15. The van der Waals surface area contributed by atoms with E-state index in [0.717, 1.165) is 140 Å². The lowest BCUT2D eigenvalue weighted by atomic mass is 9.81. The van der Waals surface area contributed by atoms with Crippen LogP contribution in [-0.4, -0.2) is 31.0 Å². The Labute approximate surface area is 331 Å². The summed E-state index contributed by atoms with van der Waals surface area (Å²) in [5.41, 5.74) is 1.54. The smallest absolute Gasteiger partial charge is 0.144 e. The number of unbranched alkanes of at least 4 members (excludes halogenated alkanes) is 20. The van der Waals surface area contributed by atoms with Crippen LogP contribution in [0.1, 0.15) is 274 Å². The third kappa shape index (κ3) is 21.9. The van der Waals surface area contributed by atoms with E-state index in [1.807, 2.05) is 6.07 Å². The van der Waals surface area contributed by atoms with Crippen molar-refractivity contribution in [2.24, 2.45) is 0 Å². The van der Waals surface area contributed by atoms with Crippen LogP contribution >= 0.6 is 12.0 Å². The first-order valence-electron chi connectivity index (χ1n) is 22.7. The van der Waals surface area contributed by atoms with Crippen LogP contribution in [0.4, 0.5) is 0 Å². The molecule has 1 aromatic carbocycles. The summed E-state index contributed by atoms with van der Waals surface area (Å²) in [6.07, 6.45) is 26.0. The third-order valence-corrected chi connectivity index (χ3v) is 11.7. The Kier molecular flexibility index (Phi) is 31.6. The molecule has 312 valence electrons. The van der Waals surface area contributed by atoms with Gasteiger partial charge in [-0.2, -0.15) is 0 Å². The Morgan fingerprint density at radius 1 is 0.396 bits per heavy atom. The van der Waals surface area contributed by atoms with Gasteiger partial charge in [0.15, 0.2) is 0 Å². The zero-order chi connectivity index (χ0) is 39.1. The number of benzene rings is 1.